The van der Waals surface area contributed by atoms with Crippen LogP contribution in [-0.4, -0.2) is 36.0 Å². The molecule has 3 heteroatoms. The molecule has 0 aromatic rings. The number of hydrogen-bond donors (Lipinski definition) is 3. The van der Waals surface area contributed by atoms with Gasteiger partial charge in [-0.1, -0.05) is 13.8 Å². The first-order valence-electron chi connectivity index (χ1n) is 5.10. The summed E-state index contributed by atoms with van der Waals surface area (Å²) >= 11 is 0. The van der Waals surface area contributed by atoms with Crippen molar-refractivity contribution in [2.24, 2.45) is 5.41 Å². The van der Waals surface area contributed by atoms with Gasteiger partial charge in [0.05, 0.1) is 6.10 Å². The summed E-state index contributed by atoms with van der Waals surface area (Å²) in [4.78, 5) is 0. The molecule has 0 bridgehead atoms. The summed E-state index contributed by atoms with van der Waals surface area (Å²) in [5.74, 6) is 0. The van der Waals surface area contributed by atoms with Gasteiger partial charge in [0.1, 0.15) is 0 Å². The van der Waals surface area contributed by atoms with Gasteiger partial charge < -0.3 is 15.5 Å². The molecule has 0 unspecified atom stereocenters. The molecule has 0 aliphatic heterocycles. The molecule has 0 radical (unpaired) electrons. The molecule has 80 valence electrons. The predicted octanol–water partition coefficient (Wildman–Crippen LogP) is 0.756. The van der Waals surface area contributed by atoms with Crippen molar-refractivity contribution in [1.29, 1.82) is 0 Å². The van der Waals surface area contributed by atoms with Gasteiger partial charge in [-0.15, -0.1) is 0 Å². The third-order valence-corrected chi connectivity index (χ3v) is 2.78. The van der Waals surface area contributed by atoms with Gasteiger partial charge in [0, 0.05) is 25.1 Å². The van der Waals surface area contributed by atoms with Gasteiger partial charge in [-0.05, 0) is 19.8 Å². The van der Waals surface area contributed by atoms with Gasteiger partial charge in [0.25, 0.3) is 0 Å². The highest BCUT2D eigenvalue weighted by atomic mass is 16.3. The van der Waals surface area contributed by atoms with Gasteiger partial charge in [0.15, 0.2) is 0 Å². The Morgan fingerprint density at radius 3 is 2.15 bits per heavy atom. The second-order valence-electron chi connectivity index (χ2n) is 3.85. The Kier molecular flexibility index (Phi) is 6.29. The molecule has 3 nitrogen and oxygen atoms in total. The number of nitrogens with one attached hydrogen (secondary N) is 1. The van der Waals surface area contributed by atoms with Crippen molar-refractivity contribution in [1.82, 2.24) is 5.32 Å². The Morgan fingerprint density at radius 1 is 1.31 bits per heavy atom. The first kappa shape index (κ1) is 12.9. The van der Waals surface area contributed by atoms with Crippen LogP contribution in [0.3, 0.4) is 0 Å². The van der Waals surface area contributed by atoms with Crippen LogP contribution < -0.4 is 5.32 Å². The number of hydrogen-bond acceptors (Lipinski definition) is 3. The van der Waals surface area contributed by atoms with Crippen LogP contribution in [0.25, 0.3) is 0 Å². The van der Waals surface area contributed by atoms with E-state index < -0.39 is 0 Å². The van der Waals surface area contributed by atoms with Crippen molar-refractivity contribution in [2.75, 3.05) is 19.7 Å². The van der Waals surface area contributed by atoms with E-state index in [1.165, 1.54) is 0 Å². The molecule has 0 rings (SSSR count). The minimum absolute atomic E-state index is 0.00507. The van der Waals surface area contributed by atoms with E-state index >= 15 is 0 Å². The van der Waals surface area contributed by atoms with E-state index in [0.29, 0.717) is 6.54 Å². The molecule has 0 aliphatic rings. The summed E-state index contributed by atoms with van der Waals surface area (Å²) in [5.41, 5.74) is -0.00507. The minimum atomic E-state index is -0.315. The van der Waals surface area contributed by atoms with Crippen LogP contribution in [0.4, 0.5) is 0 Å². The Labute approximate surface area is 81.2 Å². The highest BCUT2D eigenvalue weighted by molar-refractivity contribution is 4.78. The SMILES string of the molecule is CCC(CC)(CO)CNC[C@@H](C)O. The molecule has 0 fully saturated rings. The van der Waals surface area contributed by atoms with Crippen molar-refractivity contribution >= 4 is 0 Å². The predicted molar refractivity (Wildman–Crippen MR) is 54.7 cm³/mol. The third kappa shape index (κ3) is 4.60. The molecule has 0 amide bonds. The molecule has 3 N–H and O–H groups in total. The molecular formula is C10H23NO2. The standard InChI is InChI=1S/C10H23NO2/c1-4-10(5-2,8-12)7-11-6-9(3)13/h9,11-13H,4-8H2,1-3H3/t9-/m1/s1. The largest absolute Gasteiger partial charge is 0.396 e. The van der Waals surface area contributed by atoms with E-state index in [2.05, 4.69) is 19.2 Å². The molecule has 0 heterocycles. The maximum atomic E-state index is 9.24. The fourth-order valence-electron chi connectivity index (χ4n) is 1.33. The highest BCUT2D eigenvalue weighted by Crippen LogP contribution is 2.24. The van der Waals surface area contributed by atoms with Crippen molar-refractivity contribution < 1.29 is 10.2 Å². The normalized spacial score (nSPS) is 14.5. The van der Waals surface area contributed by atoms with Crippen LogP contribution >= 0.6 is 0 Å². The lowest BCUT2D eigenvalue weighted by Gasteiger charge is -2.29. The zero-order valence-electron chi connectivity index (χ0n) is 9.01. The summed E-state index contributed by atoms with van der Waals surface area (Å²) in [6.45, 7) is 7.52. The summed E-state index contributed by atoms with van der Waals surface area (Å²) in [6.07, 6.45) is 1.62. The number of rotatable bonds is 7. The van der Waals surface area contributed by atoms with Crippen molar-refractivity contribution in [3.8, 4) is 0 Å². The summed E-state index contributed by atoms with van der Waals surface area (Å²) in [7, 11) is 0. The lowest BCUT2D eigenvalue weighted by atomic mass is 9.83. The summed E-state index contributed by atoms with van der Waals surface area (Å²) in [5, 5.41) is 21.5. The van der Waals surface area contributed by atoms with E-state index in [0.717, 1.165) is 19.4 Å². The monoisotopic (exact) mass is 189 g/mol. The minimum Gasteiger partial charge on any atom is -0.396 e. The maximum Gasteiger partial charge on any atom is 0.0636 e. The molecule has 0 spiro atoms. The van der Waals surface area contributed by atoms with Crippen LogP contribution in [0.15, 0.2) is 0 Å². The Balaban J connectivity index is 3.81. The quantitative estimate of drug-likeness (QED) is 0.554. The zero-order chi connectivity index (χ0) is 10.3. The summed E-state index contributed by atoms with van der Waals surface area (Å²) in [6, 6.07) is 0. The van der Waals surface area contributed by atoms with E-state index in [1.54, 1.807) is 6.92 Å². The average Bonchev–Trinajstić information content (AvgIpc) is 2.13. The lowest BCUT2D eigenvalue weighted by Crippen LogP contribution is -2.39. The highest BCUT2D eigenvalue weighted by Gasteiger charge is 2.24. The van der Waals surface area contributed by atoms with Crippen molar-refractivity contribution in [3.05, 3.63) is 0 Å². The first-order valence-corrected chi connectivity index (χ1v) is 5.10. The molecule has 0 saturated heterocycles. The van der Waals surface area contributed by atoms with Crippen molar-refractivity contribution in [2.45, 2.75) is 39.7 Å². The molecule has 0 saturated carbocycles. The molecule has 0 aromatic heterocycles. The van der Waals surface area contributed by atoms with Gasteiger partial charge in [-0.25, -0.2) is 0 Å². The van der Waals surface area contributed by atoms with E-state index in [9.17, 15) is 5.11 Å². The molecule has 13 heavy (non-hydrogen) atoms. The lowest BCUT2D eigenvalue weighted by molar-refractivity contribution is 0.106. The summed E-state index contributed by atoms with van der Waals surface area (Å²) < 4.78 is 0. The molecule has 0 aromatic carbocycles. The Bertz CT molecular complexity index is 114. The van der Waals surface area contributed by atoms with Crippen molar-refractivity contribution in [3.63, 3.8) is 0 Å². The van der Waals surface area contributed by atoms with Gasteiger partial charge in [-0.3, -0.25) is 0 Å². The van der Waals surface area contributed by atoms with Crippen LogP contribution in [-0.2, 0) is 0 Å². The molecule has 0 aliphatic carbocycles. The fraction of sp³-hybridized carbons (Fsp3) is 1.00. The average molecular weight is 189 g/mol. The first-order chi connectivity index (χ1) is 6.10. The topological polar surface area (TPSA) is 52.5 Å². The smallest absolute Gasteiger partial charge is 0.0636 e. The molecular weight excluding hydrogens is 166 g/mol. The van der Waals surface area contributed by atoms with E-state index in [-0.39, 0.29) is 18.1 Å². The number of aliphatic hydroxyl groups excluding tert-OH is 2. The van der Waals surface area contributed by atoms with Gasteiger partial charge >= 0.3 is 0 Å². The fourth-order valence-corrected chi connectivity index (χ4v) is 1.33. The van der Waals surface area contributed by atoms with Gasteiger partial charge in [-0.2, -0.15) is 0 Å². The van der Waals surface area contributed by atoms with E-state index in [4.69, 9.17) is 5.11 Å². The third-order valence-electron chi connectivity index (χ3n) is 2.78. The maximum absolute atomic E-state index is 9.24. The zero-order valence-corrected chi connectivity index (χ0v) is 9.01. The van der Waals surface area contributed by atoms with E-state index in [1.807, 2.05) is 0 Å². The van der Waals surface area contributed by atoms with Crippen LogP contribution in [0.5, 0.6) is 0 Å². The van der Waals surface area contributed by atoms with Crippen LogP contribution in [0.2, 0.25) is 0 Å². The second kappa shape index (κ2) is 6.35. The Hall–Kier alpha value is -0.120. The second-order valence-corrected chi connectivity index (χ2v) is 3.85. The number of aliphatic hydroxyl groups is 2. The van der Waals surface area contributed by atoms with Crippen LogP contribution in [0.1, 0.15) is 33.6 Å². The Morgan fingerprint density at radius 2 is 1.85 bits per heavy atom. The van der Waals surface area contributed by atoms with Crippen LogP contribution in [0, 0.1) is 5.41 Å². The molecule has 1 atom stereocenters. The van der Waals surface area contributed by atoms with Gasteiger partial charge in [0.2, 0.25) is 0 Å².